The summed E-state index contributed by atoms with van der Waals surface area (Å²) < 4.78 is 0. The first-order chi connectivity index (χ1) is 8.97. The Kier molecular flexibility index (Phi) is 3.75. The Hall–Kier alpha value is -1.63. The molecule has 0 radical (unpaired) electrons. The van der Waals surface area contributed by atoms with E-state index in [9.17, 15) is 10.2 Å². The summed E-state index contributed by atoms with van der Waals surface area (Å²) in [6, 6.07) is 7.68. The molecule has 1 aliphatic rings. The quantitative estimate of drug-likeness (QED) is 0.808. The molecule has 0 fully saturated rings. The van der Waals surface area contributed by atoms with Gasteiger partial charge in [-0.15, -0.1) is 10.2 Å². The molecule has 0 spiro atoms. The molecule has 3 atom stereocenters. The van der Waals surface area contributed by atoms with Gasteiger partial charge in [0.2, 0.25) is 5.66 Å². The molecule has 0 amide bonds. The molecule has 0 aromatic heterocycles. The Morgan fingerprint density at radius 2 is 1.68 bits per heavy atom. The van der Waals surface area contributed by atoms with Crippen LogP contribution in [0.15, 0.2) is 39.7 Å². The van der Waals surface area contributed by atoms with Crippen LogP contribution < -0.4 is 0 Å². The molecule has 6 heteroatoms. The van der Waals surface area contributed by atoms with E-state index in [0.29, 0.717) is 0 Å². The zero-order chi connectivity index (χ0) is 14.0. The van der Waals surface area contributed by atoms with Crippen molar-refractivity contribution >= 4 is 6.21 Å². The van der Waals surface area contributed by atoms with Gasteiger partial charge in [0.15, 0.2) is 0 Å². The van der Waals surface area contributed by atoms with Crippen LogP contribution in [0.3, 0.4) is 0 Å². The van der Waals surface area contributed by atoms with Crippen molar-refractivity contribution in [3.05, 3.63) is 35.4 Å². The van der Waals surface area contributed by atoms with E-state index in [-0.39, 0.29) is 0 Å². The van der Waals surface area contributed by atoms with E-state index in [1.54, 1.807) is 13.8 Å². The fourth-order valence-electron chi connectivity index (χ4n) is 2.31. The lowest BCUT2D eigenvalue weighted by atomic mass is 9.97. The second-order valence-electron chi connectivity index (χ2n) is 4.70. The van der Waals surface area contributed by atoms with Gasteiger partial charge in [-0.1, -0.05) is 29.8 Å². The molecule has 0 aliphatic carbocycles. The third-order valence-electron chi connectivity index (χ3n) is 3.16. The normalized spacial score (nSPS) is 24.9. The molecular weight excluding hydrogens is 244 g/mol. The number of nitrogens with zero attached hydrogens (tertiary/aromatic N) is 4. The largest absolute Gasteiger partial charge is 0.379 e. The van der Waals surface area contributed by atoms with Crippen molar-refractivity contribution in [3.63, 3.8) is 0 Å². The fraction of sp³-hybridized carbons (Fsp3) is 0.462. The number of benzene rings is 1. The van der Waals surface area contributed by atoms with Crippen molar-refractivity contribution in [2.75, 3.05) is 0 Å². The lowest BCUT2D eigenvalue weighted by Gasteiger charge is -2.39. The first kappa shape index (κ1) is 13.8. The van der Waals surface area contributed by atoms with Crippen LogP contribution in [-0.2, 0) is 5.66 Å². The minimum absolute atomic E-state index is 0.796. The van der Waals surface area contributed by atoms with E-state index >= 15 is 0 Å². The third-order valence-corrected chi connectivity index (χ3v) is 3.16. The highest BCUT2D eigenvalue weighted by Gasteiger charge is 2.44. The van der Waals surface area contributed by atoms with Gasteiger partial charge in [-0.3, -0.25) is 0 Å². The highest BCUT2D eigenvalue weighted by molar-refractivity contribution is 5.73. The Morgan fingerprint density at radius 3 is 2.11 bits per heavy atom. The predicted octanol–water partition coefficient (Wildman–Crippen LogP) is 1.58. The van der Waals surface area contributed by atoms with E-state index in [4.69, 9.17) is 0 Å². The second-order valence-corrected chi connectivity index (χ2v) is 4.70. The summed E-state index contributed by atoms with van der Waals surface area (Å²) in [7, 11) is 0. The van der Waals surface area contributed by atoms with Crippen LogP contribution in [0, 0.1) is 6.92 Å². The molecule has 1 aromatic carbocycles. The zero-order valence-electron chi connectivity index (χ0n) is 11.2. The van der Waals surface area contributed by atoms with Gasteiger partial charge in [0.25, 0.3) is 0 Å². The maximum Gasteiger partial charge on any atom is 0.203 e. The summed E-state index contributed by atoms with van der Waals surface area (Å²) in [5.41, 5.74) is 0.854. The molecule has 0 bridgehead atoms. The lowest BCUT2D eigenvalue weighted by molar-refractivity contribution is -0.125. The zero-order valence-corrected chi connectivity index (χ0v) is 11.2. The van der Waals surface area contributed by atoms with Crippen molar-refractivity contribution in [3.8, 4) is 0 Å². The number of hydrogen-bond acceptors (Lipinski definition) is 6. The van der Waals surface area contributed by atoms with E-state index in [1.165, 1.54) is 11.1 Å². The summed E-state index contributed by atoms with van der Waals surface area (Å²) in [5.74, 6) is 0. The first-order valence-electron chi connectivity index (χ1n) is 6.15. The molecule has 0 saturated heterocycles. The van der Waals surface area contributed by atoms with Gasteiger partial charge < -0.3 is 10.2 Å². The van der Waals surface area contributed by atoms with E-state index in [2.05, 4.69) is 15.4 Å². The van der Waals surface area contributed by atoms with E-state index in [0.717, 1.165) is 11.1 Å². The minimum Gasteiger partial charge on any atom is -0.379 e. The second kappa shape index (κ2) is 5.16. The molecule has 3 unspecified atom stereocenters. The molecule has 0 saturated carbocycles. The highest BCUT2D eigenvalue weighted by Crippen LogP contribution is 2.34. The standard InChI is InChI=1S/C13H18N4O2/c1-9-4-6-12(7-5-9)13(8-14-16-15-13)17(10(2)18)11(3)19/h4-8,10-11,18-19H,1-3H3. The third kappa shape index (κ3) is 2.42. The molecule has 6 nitrogen and oxygen atoms in total. The van der Waals surface area contributed by atoms with Gasteiger partial charge in [0.05, 0.1) is 6.21 Å². The maximum atomic E-state index is 9.93. The van der Waals surface area contributed by atoms with Gasteiger partial charge in [0.1, 0.15) is 12.5 Å². The average Bonchev–Trinajstić information content (AvgIpc) is 2.79. The first-order valence-corrected chi connectivity index (χ1v) is 6.15. The van der Waals surface area contributed by atoms with Crippen LogP contribution in [0.5, 0.6) is 0 Å². The van der Waals surface area contributed by atoms with Crippen LogP contribution in [-0.4, -0.2) is 33.8 Å². The van der Waals surface area contributed by atoms with E-state index in [1.807, 2.05) is 31.2 Å². The van der Waals surface area contributed by atoms with Crippen LogP contribution in [0.1, 0.15) is 25.0 Å². The smallest absolute Gasteiger partial charge is 0.203 e. The van der Waals surface area contributed by atoms with Gasteiger partial charge in [-0.2, -0.15) is 0 Å². The number of hydrogen-bond donors (Lipinski definition) is 2. The fourth-order valence-corrected chi connectivity index (χ4v) is 2.31. The highest BCUT2D eigenvalue weighted by atomic mass is 16.3. The molecule has 19 heavy (non-hydrogen) atoms. The molecule has 2 N–H and O–H groups in total. The Labute approximate surface area is 112 Å². The SMILES string of the molecule is Cc1ccc(C2(N(C(C)O)C(C)O)C=NN=N2)cc1. The minimum atomic E-state index is -1.06. The van der Waals surface area contributed by atoms with Gasteiger partial charge in [-0.05, 0) is 26.0 Å². The van der Waals surface area contributed by atoms with E-state index < -0.39 is 18.1 Å². The summed E-state index contributed by atoms with van der Waals surface area (Å²) >= 11 is 0. The maximum absolute atomic E-state index is 9.93. The topological polar surface area (TPSA) is 80.8 Å². The van der Waals surface area contributed by atoms with Crippen molar-refractivity contribution in [2.24, 2.45) is 15.4 Å². The summed E-state index contributed by atoms with van der Waals surface area (Å²) in [5, 5.41) is 31.4. The summed E-state index contributed by atoms with van der Waals surface area (Å²) in [4.78, 5) is 1.44. The molecule has 2 rings (SSSR count). The van der Waals surface area contributed by atoms with Gasteiger partial charge in [-0.25, -0.2) is 4.90 Å². The van der Waals surface area contributed by atoms with Crippen LogP contribution in [0.2, 0.25) is 0 Å². The Bertz CT molecular complexity index is 474. The number of rotatable bonds is 4. The van der Waals surface area contributed by atoms with Crippen molar-refractivity contribution in [1.29, 1.82) is 0 Å². The number of aliphatic hydroxyl groups is 2. The number of aliphatic hydroxyl groups excluding tert-OH is 2. The summed E-state index contributed by atoms with van der Waals surface area (Å²) in [6.07, 6.45) is -0.272. The van der Waals surface area contributed by atoms with Crippen LogP contribution in [0.4, 0.5) is 0 Å². The number of aryl methyl sites for hydroxylation is 1. The average molecular weight is 262 g/mol. The molecule has 1 aromatic rings. The molecule has 102 valence electrons. The van der Waals surface area contributed by atoms with Crippen LogP contribution >= 0.6 is 0 Å². The van der Waals surface area contributed by atoms with Crippen molar-refractivity contribution < 1.29 is 10.2 Å². The Morgan fingerprint density at radius 1 is 1.11 bits per heavy atom. The van der Waals surface area contributed by atoms with Crippen LogP contribution in [0.25, 0.3) is 0 Å². The molecular formula is C13H18N4O2. The predicted molar refractivity (Wildman–Crippen MR) is 71.4 cm³/mol. The van der Waals surface area contributed by atoms with Crippen molar-refractivity contribution in [2.45, 2.75) is 38.9 Å². The lowest BCUT2D eigenvalue weighted by Crippen LogP contribution is -2.54. The monoisotopic (exact) mass is 262 g/mol. The molecule has 1 heterocycles. The van der Waals surface area contributed by atoms with Gasteiger partial charge >= 0.3 is 0 Å². The van der Waals surface area contributed by atoms with Gasteiger partial charge in [0, 0.05) is 5.56 Å². The van der Waals surface area contributed by atoms with Crippen molar-refractivity contribution in [1.82, 2.24) is 4.90 Å². The molecule has 1 aliphatic heterocycles. The Balaban J connectivity index is 2.52. The summed E-state index contributed by atoms with van der Waals surface area (Å²) in [6.45, 7) is 5.14.